The van der Waals surface area contributed by atoms with Crippen molar-refractivity contribution in [3.63, 3.8) is 0 Å². The van der Waals surface area contributed by atoms with E-state index in [1.807, 2.05) is 30.3 Å². The van der Waals surface area contributed by atoms with Crippen LogP contribution in [-0.4, -0.2) is 19.2 Å². The fourth-order valence-electron chi connectivity index (χ4n) is 1.02. The Morgan fingerprint density at radius 2 is 1.69 bits per heavy atom. The predicted octanol–water partition coefficient (Wildman–Crippen LogP) is 0.489. The summed E-state index contributed by atoms with van der Waals surface area (Å²) in [6.45, 7) is 1.53. The van der Waals surface area contributed by atoms with Gasteiger partial charge in [0.1, 0.15) is 0 Å². The minimum Gasteiger partial charge on any atom is -0.371 e. The highest BCUT2D eigenvalue weighted by Crippen LogP contribution is 2.02. The third kappa shape index (κ3) is 3.55. The monoisotopic (exact) mass is 180 g/mol. The molecule has 3 nitrogen and oxygen atoms in total. The van der Waals surface area contributed by atoms with Crippen LogP contribution in [0.4, 0.5) is 0 Å². The second-order valence-electron chi connectivity index (χ2n) is 2.89. The van der Waals surface area contributed by atoms with Crippen molar-refractivity contribution in [2.24, 2.45) is 11.5 Å². The molecule has 1 aromatic carbocycles. The van der Waals surface area contributed by atoms with E-state index in [2.05, 4.69) is 0 Å². The average molecular weight is 180 g/mol. The first-order valence-corrected chi connectivity index (χ1v) is 4.42. The molecule has 0 spiro atoms. The second-order valence-corrected chi connectivity index (χ2v) is 2.89. The van der Waals surface area contributed by atoms with Gasteiger partial charge < -0.3 is 16.2 Å². The van der Waals surface area contributed by atoms with Crippen LogP contribution in [0.25, 0.3) is 0 Å². The number of hydrogen-bond acceptors (Lipinski definition) is 3. The quantitative estimate of drug-likeness (QED) is 0.693. The average Bonchev–Trinajstić information content (AvgIpc) is 2.21. The van der Waals surface area contributed by atoms with Crippen molar-refractivity contribution >= 4 is 0 Å². The standard InChI is InChI=1S/C10H16N2O/c11-6-10(7-12)13-8-9-4-2-1-3-5-9/h1-5,10H,6-8,11-12H2. The van der Waals surface area contributed by atoms with E-state index in [9.17, 15) is 0 Å². The zero-order valence-electron chi connectivity index (χ0n) is 7.65. The Balaban J connectivity index is 2.34. The van der Waals surface area contributed by atoms with E-state index >= 15 is 0 Å². The largest absolute Gasteiger partial charge is 0.371 e. The summed E-state index contributed by atoms with van der Waals surface area (Å²) < 4.78 is 5.48. The predicted molar refractivity (Wildman–Crippen MR) is 53.1 cm³/mol. The Labute approximate surface area is 78.7 Å². The van der Waals surface area contributed by atoms with Crippen LogP contribution in [0.5, 0.6) is 0 Å². The minimum atomic E-state index is -0.0276. The van der Waals surface area contributed by atoms with Crippen LogP contribution >= 0.6 is 0 Å². The van der Waals surface area contributed by atoms with E-state index in [0.29, 0.717) is 19.7 Å². The van der Waals surface area contributed by atoms with E-state index in [1.165, 1.54) is 0 Å². The number of nitrogens with two attached hydrogens (primary N) is 2. The van der Waals surface area contributed by atoms with Gasteiger partial charge in [-0.15, -0.1) is 0 Å². The highest BCUT2D eigenvalue weighted by molar-refractivity contribution is 5.13. The molecule has 0 unspecified atom stereocenters. The van der Waals surface area contributed by atoms with Crippen molar-refractivity contribution in [3.8, 4) is 0 Å². The van der Waals surface area contributed by atoms with E-state index in [0.717, 1.165) is 5.56 Å². The van der Waals surface area contributed by atoms with Gasteiger partial charge in [0.15, 0.2) is 0 Å². The van der Waals surface area contributed by atoms with Crippen LogP contribution in [0.2, 0.25) is 0 Å². The maximum absolute atomic E-state index is 5.48. The van der Waals surface area contributed by atoms with Crippen molar-refractivity contribution in [1.82, 2.24) is 0 Å². The molecule has 0 saturated heterocycles. The van der Waals surface area contributed by atoms with Gasteiger partial charge in [0.25, 0.3) is 0 Å². The molecule has 0 aliphatic carbocycles. The van der Waals surface area contributed by atoms with Crippen molar-refractivity contribution in [1.29, 1.82) is 0 Å². The van der Waals surface area contributed by atoms with Crippen LogP contribution in [0.15, 0.2) is 30.3 Å². The van der Waals surface area contributed by atoms with Gasteiger partial charge in [-0.05, 0) is 5.56 Å². The highest BCUT2D eigenvalue weighted by Gasteiger charge is 2.03. The maximum atomic E-state index is 5.48. The number of rotatable bonds is 5. The lowest BCUT2D eigenvalue weighted by atomic mass is 10.2. The molecule has 0 saturated carbocycles. The fraction of sp³-hybridized carbons (Fsp3) is 0.400. The molecule has 0 aliphatic rings. The molecule has 0 fully saturated rings. The van der Waals surface area contributed by atoms with Crippen molar-refractivity contribution < 1.29 is 4.74 Å². The normalized spacial score (nSPS) is 10.7. The van der Waals surface area contributed by atoms with Crippen LogP contribution in [-0.2, 0) is 11.3 Å². The summed E-state index contributed by atoms with van der Waals surface area (Å²) in [5, 5.41) is 0. The first kappa shape index (κ1) is 10.2. The Kier molecular flexibility index (Phi) is 4.46. The lowest BCUT2D eigenvalue weighted by molar-refractivity contribution is 0.0523. The Hall–Kier alpha value is -0.900. The molecule has 0 heterocycles. The summed E-state index contributed by atoms with van der Waals surface area (Å²) in [6.07, 6.45) is -0.0276. The molecule has 0 aromatic heterocycles. The van der Waals surface area contributed by atoms with E-state index in [4.69, 9.17) is 16.2 Å². The Bertz CT molecular complexity index is 222. The third-order valence-electron chi connectivity index (χ3n) is 1.85. The van der Waals surface area contributed by atoms with E-state index in [1.54, 1.807) is 0 Å². The van der Waals surface area contributed by atoms with Gasteiger partial charge >= 0.3 is 0 Å². The molecule has 0 amide bonds. The summed E-state index contributed by atoms with van der Waals surface area (Å²) in [4.78, 5) is 0. The Morgan fingerprint density at radius 1 is 1.08 bits per heavy atom. The fourth-order valence-corrected chi connectivity index (χ4v) is 1.02. The summed E-state index contributed by atoms with van der Waals surface area (Å²) in [7, 11) is 0. The molecule has 0 atom stereocenters. The molecule has 1 rings (SSSR count). The maximum Gasteiger partial charge on any atom is 0.0823 e. The lowest BCUT2D eigenvalue weighted by Gasteiger charge is -2.13. The molecule has 72 valence electrons. The van der Waals surface area contributed by atoms with Crippen LogP contribution in [0.3, 0.4) is 0 Å². The smallest absolute Gasteiger partial charge is 0.0823 e. The van der Waals surface area contributed by atoms with Gasteiger partial charge in [0.05, 0.1) is 12.7 Å². The number of benzene rings is 1. The van der Waals surface area contributed by atoms with Crippen molar-refractivity contribution in [2.75, 3.05) is 13.1 Å². The topological polar surface area (TPSA) is 61.3 Å². The van der Waals surface area contributed by atoms with Gasteiger partial charge in [-0.1, -0.05) is 30.3 Å². The van der Waals surface area contributed by atoms with Crippen molar-refractivity contribution in [2.45, 2.75) is 12.7 Å². The van der Waals surface area contributed by atoms with Crippen LogP contribution in [0, 0.1) is 0 Å². The molecule has 0 bridgehead atoms. The first-order valence-electron chi connectivity index (χ1n) is 4.42. The zero-order chi connectivity index (χ0) is 9.52. The summed E-state index contributed by atoms with van der Waals surface area (Å²) in [5.74, 6) is 0. The molecule has 1 aromatic rings. The van der Waals surface area contributed by atoms with E-state index in [-0.39, 0.29) is 6.10 Å². The molecule has 3 heteroatoms. The molecule has 0 aliphatic heterocycles. The molecular weight excluding hydrogens is 164 g/mol. The summed E-state index contributed by atoms with van der Waals surface area (Å²) >= 11 is 0. The molecule has 13 heavy (non-hydrogen) atoms. The number of ether oxygens (including phenoxy) is 1. The minimum absolute atomic E-state index is 0.0276. The number of hydrogen-bond donors (Lipinski definition) is 2. The highest BCUT2D eigenvalue weighted by atomic mass is 16.5. The van der Waals surface area contributed by atoms with Crippen molar-refractivity contribution in [3.05, 3.63) is 35.9 Å². The summed E-state index contributed by atoms with van der Waals surface area (Å²) in [6, 6.07) is 9.98. The third-order valence-corrected chi connectivity index (χ3v) is 1.85. The zero-order valence-corrected chi connectivity index (χ0v) is 7.65. The van der Waals surface area contributed by atoms with Crippen LogP contribution < -0.4 is 11.5 Å². The molecule has 0 radical (unpaired) electrons. The van der Waals surface area contributed by atoms with Gasteiger partial charge in [-0.2, -0.15) is 0 Å². The first-order chi connectivity index (χ1) is 6.36. The van der Waals surface area contributed by atoms with Gasteiger partial charge in [0, 0.05) is 13.1 Å². The summed E-state index contributed by atoms with van der Waals surface area (Å²) in [5.41, 5.74) is 12.0. The molecule has 4 N–H and O–H groups in total. The van der Waals surface area contributed by atoms with Gasteiger partial charge in [0.2, 0.25) is 0 Å². The van der Waals surface area contributed by atoms with Gasteiger partial charge in [-0.25, -0.2) is 0 Å². The second kappa shape index (κ2) is 5.70. The molecular formula is C10H16N2O. The lowest BCUT2D eigenvalue weighted by Crippen LogP contribution is -2.31. The SMILES string of the molecule is NCC(CN)OCc1ccccc1. The van der Waals surface area contributed by atoms with Crippen LogP contribution in [0.1, 0.15) is 5.56 Å². The van der Waals surface area contributed by atoms with E-state index < -0.39 is 0 Å². The van der Waals surface area contributed by atoms with Gasteiger partial charge in [-0.3, -0.25) is 0 Å². The Morgan fingerprint density at radius 3 is 2.23 bits per heavy atom.